The highest BCUT2D eigenvalue weighted by atomic mass is 16.5. The van der Waals surface area contributed by atoms with Crippen molar-refractivity contribution in [2.75, 3.05) is 45.9 Å². The summed E-state index contributed by atoms with van der Waals surface area (Å²) in [5.74, 6) is 0.191. The number of likely N-dealkylation sites (tertiary alicyclic amines) is 2. The molecule has 108 valence electrons. The molecule has 0 aromatic heterocycles. The van der Waals surface area contributed by atoms with Gasteiger partial charge in [0.25, 0.3) is 5.91 Å². The zero-order valence-corrected chi connectivity index (χ0v) is 11.6. The molecule has 0 aromatic rings. The number of carbonyl (C=O) groups is 1. The number of piperidine rings is 1. The summed E-state index contributed by atoms with van der Waals surface area (Å²) in [4.78, 5) is 17.1. The maximum atomic E-state index is 12.5. The van der Waals surface area contributed by atoms with Crippen molar-refractivity contribution in [3.05, 3.63) is 0 Å². The average molecular weight is 267 g/mol. The fourth-order valence-corrected chi connectivity index (χ4v) is 3.49. The van der Waals surface area contributed by atoms with Crippen LogP contribution in [0.1, 0.15) is 25.7 Å². The number of ether oxygens (including phenoxy) is 1. The minimum absolute atomic E-state index is 0.191. The minimum atomic E-state index is -0.258. The van der Waals surface area contributed by atoms with Crippen molar-refractivity contribution >= 4 is 5.91 Å². The second-order valence-electron chi connectivity index (χ2n) is 5.89. The number of morpholine rings is 1. The average Bonchev–Trinajstić information content (AvgIpc) is 3.02. The van der Waals surface area contributed by atoms with E-state index in [2.05, 4.69) is 10.2 Å². The monoisotopic (exact) mass is 267 g/mol. The van der Waals surface area contributed by atoms with Crippen LogP contribution < -0.4 is 5.32 Å². The highest BCUT2D eigenvalue weighted by molar-refractivity contribution is 5.81. The Morgan fingerprint density at radius 1 is 1.16 bits per heavy atom. The third-order valence-electron chi connectivity index (χ3n) is 4.57. The summed E-state index contributed by atoms with van der Waals surface area (Å²) in [5.41, 5.74) is 0. The highest BCUT2D eigenvalue weighted by Crippen LogP contribution is 2.21. The summed E-state index contributed by atoms with van der Waals surface area (Å²) in [6.45, 7) is 6.42. The normalized spacial score (nSPS) is 33.6. The van der Waals surface area contributed by atoms with Crippen molar-refractivity contribution in [2.45, 2.75) is 37.8 Å². The Hall–Kier alpha value is -0.650. The van der Waals surface area contributed by atoms with Crippen LogP contribution in [0.3, 0.4) is 0 Å². The number of hydrogen-bond donors (Lipinski definition) is 1. The molecule has 3 aliphatic rings. The van der Waals surface area contributed by atoms with Gasteiger partial charge in [0, 0.05) is 32.2 Å². The van der Waals surface area contributed by atoms with Gasteiger partial charge in [0.1, 0.15) is 6.10 Å². The molecule has 0 bridgehead atoms. The molecule has 1 N–H and O–H groups in total. The van der Waals surface area contributed by atoms with Gasteiger partial charge in [-0.25, -0.2) is 0 Å². The van der Waals surface area contributed by atoms with Gasteiger partial charge in [0.05, 0.1) is 6.61 Å². The van der Waals surface area contributed by atoms with Gasteiger partial charge >= 0.3 is 0 Å². The molecule has 5 heteroatoms. The number of nitrogens with zero attached hydrogens (tertiary/aromatic N) is 2. The van der Waals surface area contributed by atoms with Crippen LogP contribution in [-0.4, -0.2) is 73.7 Å². The molecule has 0 aliphatic carbocycles. The van der Waals surface area contributed by atoms with Crippen molar-refractivity contribution in [2.24, 2.45) is 0 Å². The Labute approximate surface area is 115 Å². The molecule has 2 unspecified atom stereocenters. The van der Waals surface area contributed by atoms with Crippen molar-refractivity contribution in [1.29, 1.82) is 0 Å². The van der Waals surface area contributed by atoms with Gasteiger partial charge in [-0.2, -0.15) is 0 Å². The van der Waals surface area contributed by atoms with E-state index in [4.69, 9.17) is 4.74 Å². The van der Waals surface area contributed by atoms with Crippen LogP contribution in [0.2, 0.25) is 0 Å². The van der Waals surface area contributed by atoms with Crippen molar-refractivity contribution in [3.8, 4) is 0 Å². The maximum absolute atomic E-state index is 12.5. The Balaban J connectivity index is 1.56. The molecule has 0 saturated carbocycles. The lowest BCUT2D eigenvalue weighted by Gasteiger charge is -2.39. The van der Waals surface area contributed by atoms with Crippen LogP contribution >= 0.6 is 0 Å². The van der Waals surface area contributed by atoms with Gasteiger partial charge in [-0.3, -0.25) is 9.69 Å². The van der Waals surface area contributed by atoms with Crippen LogP contribution in [0.15, 0.2) is 0 Å². The fraction of sp³-hybridized carbons (Fsp3) is 0.929. The third kappa shape index (κ3) is 3.09. The summed E-state index contributed by atoms with van der Waals surface area (Å²) >= 11 is 0. The molecule has 3 heterocycles. The van der Waals surface area contributed by atoms with Gasteiger partial charge < -0.3 is 15.0 Å². The lowest BCUT2D eigenvalue weighted by molar-refractivity contribution is -0.147. The highest BCUT2D eigenvalue weighted by Gasteiger charge is 2.33. The summed E-state index contributed by atoms with van der Waals surface area (Å²) in [7, 11) is 0. The largest absolute Gasteiger partial charge is 0.366 e. The van der Waals surface area contributed by atoms with Crippen LogP contribution in [0.5, 0.6) is 0 Å². The first-order valence-corrected chi connectivity index (χ1v) is 7.70. The number of rotatable bonds is 2. The predicted molar refractivity (Wildman–Crippen MR) is 73.0 cm³/mol. The smallest absolute Gasteiger partial charge is 0.253 e. The van der Waals surface area contributed by atoms with E-state index in [1.54, 1.807) is 0 Å². The first kappa shape index (κ1) is 13.3. The summed E-state index contributed by atoms with van der Waals surface area (Å²) in [5, 5.41) is 3.24. The zero-order valence-electron chi connectivity index (χ0n) is 11.6. The molecule has 3 rings (SSSR count). The summed E-state index contributed by atoms with van der Waals surface area (Å²) in [6, 6.07) is 0.580. The standard InChI is InChI=1S/C14H25N3O2/c18-14(13-10-15-5-9-19-13)17-8-3-4-12(11-17)16-6-1-2-7-16/h12-13,15H,1-11H2. The number of nitrogens with one attached hydrogen (secondary N) is 1. The Kier molecular flexibility index (Phi) is 4.35. The molecule has 3 aliphatic heterocycles. The molecular formula is C14H25N3O2. The lowest BCUT2D eigenvalue weighted by atomic mass is 10.0. The van der Waals surface area contributed by atoms with E-state index in [0.29, 0.717) is 19.2 Å². The van der Waals surface area contributed by atoms with E-state index >= 15 is 0 Å². The zero-order chi connectivity index (χ0) is 13.1. The van der Waals surface area contributed by atoms with Crippen LogP contribution in [0, 0.1) is 0 Å². The second kappa shape index (κ2) is 6.20. The van der Waals surface area contributed by atoms with Crippen LogP contribution in [0.25, 0.3) is 0 Å². The second-order valence-corrected chi connectivity index (χ2v) is 5.89. The number of hydrogen-bond acceptors (Lipinski definition) is 4. The Morgan fingerprint density at radius 2 is 2.00 bits per heavy atom. The van der Waals surface area contributed by atoms with E-state index in [1.165, 1.54) is 32.4 Å². The van der Waals surface area contributed by atoms with E-state index in [0.717, 1.165) is 26.1 Å². The van der Waals surface area contributed by atoms with Crippen molar-refractivity contribution in [1.82, 2.24) is 15.1 Å². The molecule has 0 spiro atoms. The first-order valence-electron chi connectivity index (χ1n) is 7.70. The SMILES string of the molecule is O=C(C1CNCCO1)N1CCCC(N2CCCC2)C1. The van der Waals surface area contributed by atoms with E-state index in [-0.39, 0.29) is 12.0 Å². The van der Waals surface area contributed by atoms with Gasteiger partial charge in [0.2, 0.25) is 0 Å². The Bertz CT molecular complexity index is 312. The Morgan fingerprint density at radius 3 is 2.74 bits per heavy atom. The molecule has 1 amide bonds. The van der Waals surface area contributed by atoms with Crippen LogP contribution in [-0.2, 0) is 9.53 Å². The molecule has 0 aromatic carbocycles. The van der Waals surface area contributed by atoms with Gasteiger partial charge in [-0.15, -0.1) is 0 Å². The molecule has 3 fully saturated rings. The molecule has 0 radical (unpaired) electrons. The maximum Gasteiger partial charge on any atom is 0.253 e. The quantitative estimate of drug-likeness (QED) is 0.768. The van der Waals surface area contributed by atoms with Crippen molar-refractivity contribution in [3.63, 3.8) is 0 Å². The van der Waals surface area contributed by atoms with Gasteiger partial charge in [0.15, 0.2) is 0 Å². The van der Waals surface area contributed by atoms with Crippen LogP contribution in [0.4, 0.5) is 0 Å². The number of amides is 1. The van der Waals surface area contributed by atoms with Gasteiger partial charge in [-0.05, 0) is 38.8 Å². The summed E-state index contributed by atoms with van der Waals surface area (Å²) in [6.07, 6.45) is 4.76. The lowest BCUT2D eigenvalue weighted by Crippen LogP contribution is -2.55. The summed E-state index contributed by atoms with van der Waals surface area (Å²) < 4.78 is 5.59. The van der Waals surface area contributed by atoms with E-state index in [1.807, 2.05) is 4.90 Å². The van der Waals surface area contributed by atoms with E-state index in [9.17, 15) is 4.79 Å². The first-order chi connectivity index (χ1) is 9.34. The number of carbonyl (C=O) groups excluding carboxylic acids is 1. The topological polar surface area (TPSA) is 44.8 Å². The molecule has 3 saturated heterocycles. The van der Waals surface area contributed by atoms with E-state index < -0.39 is 0 Å². The molecule has 19 heavy (non-hydrogen) atoms. The third-order valence-corrected chi connectivity index (χ3v) is 4.57. The fourth-order valence-electron chi connectivity index (χ4n) is 3.49. The van der Waals surface area contributed by atoms with Crippen molar-refractivity contribution < 1.29 is 9.53 Å². The predicted octanol–water partition coefficient (Wildman–Crippen LogP) is 0.0616. The minimum Gasteiger partial charge on any atom is -0.366 e. The molecule has 2 atom stereocenters. The molecular weight excluding hydrogens is 242 g/mol. The molecule has 5 nitrogen and oxygen atoms in total. The van der Waals surface area contributed by atoms with Gasteiger partial charge in [-0.1, -0.05) is 0 Å².